The minimum absolute atomic E-state index is 0.291. The number of imide groups is 3. The van der Waals surface area contributed by atoms with Gasteiger partial charge in [-0.2, -0.15) is 4.90 Å². The molecular formula is C6H8N4O4. The molecule has 0 aliphatic carbocycles. The lowest BCUT2D eigenvalue weighted by molar-refractivity contribution is -0.145. The number of nitrogens with zero attached hydrogens (tertiary/aromatic N) is 2. The molecule has 4 N–H and O–H groups in total. The standard InChI is InChI=1S/C6H8N4O4/c7-5(13)9-1-3(11)10(6(8)14)4(12)2-9/h1-2H2,(H2,7,13)(H2,8,14). The first kappa shape index (κ1) is 9.96. The molecule has 1 fully saturated rings. The lowest BCUT2D eigenvalue weighted by atomic mass is 10.3. The predicted molar refractivity (Wildman–Crippen MR) is 42.6 cm³/mol. The molecule has 0 aromatic heterocycles. The van der Waals surface area contributed by atoms with Gasteiger partial charge in [-0.15, -0.1) is 0 Å². The summed E-state index contributed by atoms with van der Waals surface area (Å²) < 4.78 is 0. The summed E-state index contributed by atoms with van der Waals surface area (Å²) in [4.78, 5) is 44.6. The van der Waals surface area contributed by atoms with Crippen molar-refractivity contribution in [2.24, 2.45) is 11.5 Å². The highest BCUT2D eigenvalue weighted by Crippen LogP contribution is 2.03. The van der Waals surface area contributed by atoms with Crippen LogP contribution in [0.1, 0.15) is 0 Å². The van der Waals surface area contributed by atoms with Crippen LogP contribution in [0.3, 0.4) is 0 Å². The number of carbonyl (C=O) groups is 4. The van der Waals surface area contributed by atoms with Crippen molar-refractivity contribution < 1.29 is 19.2 Å². The number of carbonyl (C=O) groups excluding carboxylic acids is 4. The topological polar surface area (TPSA) is 127 Å². The molecule has 14 heavy (non-hydrogen) atoms. The Hall–Kier alpha value is -2.12. The smallest absolute Gasteiger partial charge is 0.328 e. The van der Waals surface area contributed by atoms with Gasteiger partial charge in [0.2, 0.25) is 0 Å². The average molecular weight is 200 g/mol. The molecule has 0 bridgehead atoms. The van der Waals surface area contributed by atoms with Gasteiger partial charge in [0.1, 0.15) is 13.1 Å². The number of nitrogens with two attached hydrogens (primary N) is 2. The summed E-state index contributed by atoms with van der Waals surface area (Å²) in [6.07, 6.45) is 0. The van der Waals surface area contributed by atoms with Gasteiger partial charge < -0.3 is 16.4 Å². The van der Waals surface area contributed by atoms with Gasteiger partial charge in [0.25, 0.3) is 11.8 Å². The molecule has 0 aromatic rings. The maximum atomic E-state index is 11.1. The van der Waals surface area contributed by atoms with E-state index < -0.39 is 37.0 Å². The van der Waals surface area contributed by atoms with Gasteiger partial charge in [0.15, 0.2) is 0 Å². The molecule has 1 heterocycles. The van der Waals surface area contributed by atoms with Crippen LogP contribution in [0.2, 0.25) is 0 Å². The van der Waals surface area contributed by atoms with E-state index in [9.17, 15) is 19.2 Å². The number of hydrogen-bond acceptors (Lipinski definition) is 4. The molecule has 0 unspecified atom stereocenters. The fraction of sp³-hybridized carbons (Fsp3) is 0.333. The van der Waals surface area contributed by atoms with E-state index in [4.69, 9.17) is 11.5 Å². The molecule has 0 saturated carbocycles. The highest BCUT2D eigenvalue weighted by Gasteiger charge is 2.35. The van der Waals surface area contributed by atoms with Gasteiger partial charge in [0.05, 0.1) is 0 Å². The minimum Gasteiger partial charge on any atom is -0.351 e. The number of hydrogen-bond donors (Lipinski definition) is 2. The van der Waals surface area contributed by atoms with Crippen LogP contribution in [0.4, 0.5) is 9.59 Å². The van der Waals surface area contributed by atoms with E-state index in [-0.39, 0.29) is 0 Å². The van der Waals surface area contributed by atoms with Crippen LogP contribution in [-0.4, -0.2) is 46.8 Å². The maximum Gasteiger partial charge on any atom is 0.328 e. The summed E-state index contributed by atoms with van der Waals surface area (Å²) in [6, 6.07) is -2.04. The molecule has 0 atom stereocenters. The van der Waals surface area contributed by atoms with Crippen LogP contribution in [0, 0.1) is 0 Å². The largest absolute Gasteiger partial charge is 0.351 e. The van der Waals surface area contributed by atoms with Crippen LogP contribution in [0.25, 0.3) is 0 Å². The first-order chi connectivity index (χ1) is 6.43. The van der Waals surface area contributed by atoms with E-state index in [2.05, 4.69) is 0 Å². The number of primary amides is 2. The Kier molecular flexibility index (Phi) is 2.36. The van der Waals surface area contributed by atoms with E-state index >= 15 is 0 Å². The summed E-state index contributed by atoms with van der Waals surface area (Å²) in [5.74, 6) is -1.71. The quantitative estimate of drug-likeness (QED) is 0.430. The molecular weight excluding hydrogens is 192 g/mol. The number of amides is 6. The van der Waals surface area contributed by atoms with Gasteiger partial charge in [-0.3, -0.25) is 9.59 Å². The Bertz CT molecular complexity index is 308. The Morgan fingerprint density at radius 2 is 1.43 bits per heavy atom. The maximum absolute atomic E-state index is 11.1. The van der Waals surface area contributed by atoms with Crippen molar-refractivity contribution in [2.75, 3.05) is 13.1 Å². The van der Waals surface area contributed by atoms with Crippen molar-refractivity contribution in [3.63, 3.8) is 0 Å². The Labute approximate surface area is 78.4 Å². The molecule has 0 radical (unpaired) electrons. The Morgan fingerprint density at radius 1 is 1.00 bits per heavy atom. The summed E-state index contributed by atoms with van der Waals surface area (Å²) >= 11 is 0. The van der Waals surface area contributed by atoms with Crippen molar-refractivity contribution in [3.05, 3.63) is 0 Å². The fourth-order valence-corrected chi connectivity index (χ4v) is 1.06. The normalized spacial score (nSPS) is 17.1. The second-order valence-electron chi connectivity index (χ2n) is 2.66. The Morgan fingerprint density at radius 3 is 1.71 bits per heavy atom. The average Bonchev–Trinajstić information content (AvgIpc) is 2.01. The molecule has 1 aliphatic rings. The van der Waals surface area contributed by atoms with Crippen LogP contribution in [-0.2, 0) is 9.59 Å². The van der Waals surface area contributed by atoms with E-state index in [1.807, 2.05) is 0 Å². The fourth-order valence-electron chi connectivity index (χ4n) is 1.06. The van der Waals surface area contributed by atoms with Crippen molar-refractivity contribution in [3.8, 4) is 0 Å². The molecule has 8 nitrogen and oxygen atoms in total. The number of urea groups is 2. The zero-order valence-electron chi connectivity index (χ0n) is 7.10. The molecule has 0 spiro atoms. The third-order valence-electron chi connectivity index (χ3n) is 1.68. The summed E-state index contributed by atoms with van der Waals surface area (Å²) in [6.45, 7) is -0.825. The SMILES string of the molecule is NC(=O)N1CC(=O)N(C(N)=O)C(=O)C1. The van der Waals surface area contributed by atoms with Crippen LogP contribution < -0.4 is 11.5 Å². The third kappa shape index (κ3) is 1.63. The monoisotopic (exact) mass is 200 g/mol. The molecule has 76 valence electrons. The second kappa shape index (κ2) is 3.32. The zero-order valence-corrected chi connectivity index (χ0v) is 7.10. The second-order valence-corrected chi connectivity index (χ2v) is 2.66. The van der Waals surface area contributed by atoms with Crippen molar-refractivity contribution in [1.82, 2.24) is 9.80 Å². The molecule has 8 heteroatoms. The van der Waals surface area contributed by atoms with Crippen molar-refractivity contribution >= 4 is 23.9 Å². The summed E-state index contributed by atoms with van der Waals surface area (Å²) in [5.41, 5.74) is 9.64. The number of rotatable bonds is 0. The van der Waals surface area contributed by atoms with E-state index in [0.29, 0.717) is 4.90 Å². The molecule has 1 aliphatic heterocycles. The summed E-state index contributed by atoms with van der Waals surface area (Å²) in [5, 5.41) is 0. The van der Waals surface area contributed by atoms with Gasteiger partial charge >= 0.3 is 12.1 Å². The minimum atomic E-state index is -1.15. The van der Waals surface area contributed by atoms with Crippen LogP contribution in [0.15, 0.2) is 0 Å². The van der Waals surface area contributed by atoms with E-state index in [0.717, 1.165) is 4.90 Å². The lowest BCUT2D eigenvalue weighted by Crippen LogP contribution is -2.59. The van der Waals surface area contributed by atoms with Gasteiger partial charge in [0, 0.05) is 0 Å². The van der Waals surface area contributed by atoms with Gasteiger partial charge in [-0.1, -0.05) is 0 Å². The van der Waals surface area contributed by atoms with Gasteiger partial charge in [-0.05, 0) is 0 Å². The molecule has 0 aromatic carbocycles. The first-order valence-electron chi connectivity index (χ1n) is 3.63. The van der Waals surface area contributed by atoms with E-state index in [1.165, 1.54) is 0 Å². The third-order valence-corrected chi connectivity index (χ3v) is 1.68. The summed E-state index contributed by atoms with van der Waals surface area (Å²) in [7, 11) is 0. The molecule has 1 rings (SSSR count). The highest BCUT2D eigenvalue weighted by atomic mass is 16.2. The lowest BCUT2D eigenvalue weighted by Gasteiger charge is -2.28. The van der Waals surface area contributed by atoms with Crippen LogP contribution in [0.5, 0.6) is 0 Å². The predicted octanol–water partition coefficient (Wildman–Crippen LogP) is -2.19. The van der Waals surface area contributed by atoms with Crippen molar-refractivity contribution in [2.45, 2.75) is 0 Å². The molecule has 6 amide bonds. The highest BCUT2D eigenvalue weighted by molar-refractivity contribution is 6.13. The van der Waals surface area contributed by atoms with Gasteiger partial charge in [-0.25, -0.2) is 9.59 Å². The molecule has 1 saturated heterocycles. The van der Waals surface area contributed by atoms with Crippen LogP contribution >= 0.6 is 0 Å². The number of piperazine rings is 1. The van der Waals surface area contributed by atoms with E-state index in [1.54, 1.807) is 0 Å². The van der Waals surface area contributed by atoms with Crippen molar-refractivity contribution in [1.29, 1.82) is 0 Å². The Balaban J connectivity index is 2.83. The zero-order chi connectivity index (χ0) is 10.9. The first-order valence-corrected chi connectivity index (χ1v) is 3.63.